The molecule has 2 rings (SSSR count). The maximum absolute atomic E-state index is 5.11. The average Bonchev–Trinajstić information content (AvgIpc) is 2.70. The summed E-state index contributed by atoms with van der Waals surface area (Å²) >= 11 is 0. The first-order valence-corrected chi connectivity index (χ1v) is 6.02. The van der Waals surface area contributed by atoms with Crippen molar-refractivity contribution in [2.75, 3.05) is 19.6 Å². The van der Waals surface area contributed by atoms with Gasteiger partial charge in [0.2, 0.25) is 0 Å². The second kappa shape index (κ2) is 4.60. The molecule has 1 N–H and O–H groups in total. The molecule has 0 saturated carbocycles. The third-order valence-electron chi connectivity index (χ3n) is 3.29. The largest absolute Gasteiger partial charge is 0.472 e. The Morgan fingerprint density at radius 1 is 1.50 bits per heavy atom. The van der Waals surface area contributed by atoms with Crippen molar-refractivity contribution in [2.45, 2.75) is 33.4 Å². The van der Waals surface area contributed by atoms with Crippen LogP contribution >= 0.6 is 0 Å². The van der Waals surface area contributed by atoms with E-state index in [0.29, 0.717) is 11.5 Å². The van der Waals surface area contributed by atoms with Gasteiger partial charge in [-0.1, -0.05) is 20.8 Å². The van der Waals surface area contributed by atoms with Gasteiger partial charge in [-0.3, -0.25) is 4.90 Å². The highest BCUT2D eigenvalue weighted by Gasteiger charge is 2.29. The Balaban J connectivity index is 1.92. The molecule has 0 spiro atoms. The van der Waals surface area contributed by atoms with Gasteiger partial charge in [0, 0.05) is 37.8 Å². The molecular formula is C13H22N2O. The maximum Gasteiger partial charge on any atom is 0.0947 e. The van der Waals surface area contributed by atoms with Crippen LogP contribution in [0.15, 0.2) is 23.0 Å². The van der Waals surface area contributed by atoms with Gasteiger partial charge in [0.1, 0.15) is 0 Å². The summed E-state index contributed by atoms with van der Waals surface area (Å²) in [6.45, 7) is 11.2. The van der Waals surface area contributed by atoms with E-state index in [0.717, 1.165) is 26.2 Å². The monoisotopic (exact) mass is 222 g/mol. The lowest BCUT2D eigenvalue weighted by molar-refractivity contribution is 0.129. The Labute approximate surface area is 97.8 Å². The molecule has 1 fully saturated rings. The van der Waals surface area contributed by atoms with Crippen molar-refractivity contribution in [3.05, 3.63) is 24.2 Å². The van der Waals surface area contributed by atoms with Crippen LogP contribution in [0.1, 0.15) is 26.3 Å². The van der Waals surface area contributed by atoms with E-state index in [9.17, 15) is 0 Å². The summed E-state index contributed by atoms with van der Waals surface area (Å²) in [6, 6.07) is 2.63. The summed E-state index contributed by atoms with van der Waals surface area (Å²) in [6.07, 6.45) is 3.59. The zero-order valence-corrected chi connectivity index (χ0v) is 10.5. The van der Waals surface area contributed by atoms with E-state index in [4.69, 9.17) is 4.42 Å². The first-order valence-electron chi connectivity index (χ1n) is 6.02. The van der Waals surface area contributed by atoms with Gasteiger partial charge < -0.3 is 9.73 Å². The average molecular weight is 222 g/mol. The molecule has 1 saturated heterocycles. The quantitative estimate of drug-likeness (QED) is 0.830. The highest BCUT2D eigenvalue weighted by atomic mass is 16.3. The molecule has 1 atom stereocenters. The molecule has 16 heavy (non-hydrogen) atoms. The predicted molar refractivity (Wildman–Crippen MR) is 65.2 cm³/mol. The molecule has 1 aliphatic rings. The van der Waals surface area contributed by atoms with Crippen molar-refractivity contribution >= 4 is 0 Å². The molecule has 0 aromatic carbocycles. The van der Waals surface area contributed by atoms with Crippen LogP contribution in [-0.2, 0) is 6.54 Å². The highest BCUT2D eigenvalue weighted by Crippen LogP contribution is 2.22. The second-order valence-electron chi connectivity index (χ2n) is 5.74. The fourth-order valence-corrected chi connectivity index (χ4v) is 2.18. The smallest absolute Gasteiger partial charge is 0.0947 e. The summed E-state index contributed by atoms with van der Waals surface area (Å²) in [7, 11) is 0. The molecule has 0 radical (unpaired) electrons. The topological polar surface area (TPSA) is 28.4 Å². The molecule has 1 aromatic rings. The fraction of sp³-hybridized carbons (Fsp3) is 0.692. The number of furan rings is 1. The van der Waals surface area contributed by atoms with E-state index in [1.165, 1.54) is 5.56 Å². The standard InChI is InChI=1S/C13H22N2O/c1-13(2,3)12-9-15(6-5-14-12)8-11-4-7-16-10-11/h4,7,10,12,14H,5-6,8-9H2,1-3H3. The van der Waals surface area contributed by atoms with Crippen LogP contribution in [0.3, 0.4) is 0 Å². The van der Waals surface area contributed by atoms with E-state index in [2.05, 4.69) is 31.0 Å². The van der Waals surface area contributed by atoms with Crippen LogP contribution in [-0.4, -0.2) is 30.6 Å². The van der Waals surface area contributed by atoms with Gasteiger partial charge in [-0.05, 0) is 11.5 Å². The van der Waals surface area contributed by atoms with Gasteiger partial charge >= 0.3 is 0 Å². The van der Waals surface area contributed by atoms with E-state index < -0.39 is 0 Å². The third-order valence-corrected chi connectivity index (χ3v) is 3.29. The molecule has 0 bridgehead atoms. The summed E-state index contributed by atoms with van der Waals surface area (Å²) < 4.78 is 5.11. The van der Waals surface area contributed by atoms with Gasteiger partial charge in [0.25, 0.3) is 0 Å². The second-order valence-corrected chi connectivity index (χ2v) is 5.74. The minimum absolute atomic E-state index is 0.328. The van der Waals surface area contributed by atoms with E-state index in [1.807, 2.05) is 12.3 Å². The maximum atomic E-state index is 5.11. The first kappa shape index (κ1) is 11.7. The van der Waals surface area contributed by atoms with Crippen molar-refractivity contribution in [1.82, 2.24) is 10.2 Å². The van der Waals surface area contributed by atoms with Gasteiger partial charge in [-0.2, -0.15) is 0 Å². The van der Waals surface area contributed by atoms with Gasteiger partial charge in [0.05, 0.1) is 12.5 Å². The van der Waals surface area contributed by atoms with Crippen LogP contribution in [0.4, 0.5) is 0 Å². The van der Waals surface area contributed by atoms with E-state index >= 15 is 0 Å². The Morgan fingerprint density at radius 2 is 2.31 bits per heavy atom. The van der Waals surface area contributed by atoms with Crippen LogP contribution < -0.4 is 5.32 Å². The number of rotatable bonds is 2. The lowest BCUT2D eigenvalue weighted by atomic mass is 9.85. The molecule has 1 aliphatic heterocycles. The summed E-state index contributed by atoms with van der Waals surface area (Å²) in [5.74, 6) is 0. The Bertz CT molecular complexity index is 313. The SMILES string of the molecule is CC(C)(C)C1CN(Cc2ccoc2)CCN1. The molecule has 0 aliphatic carbocycles. The number of hydrogen-bond acceptors (Lipinski definition) is 3. The summed E-state index contributed by atoms with van der Waals surface area (Å²) in [5.41, 5.74) is 1.60. The lowest BCUT2D eigenvalue weighted by Crippen LogP contribution is -2.55. The van der Waals surface area contributed by atoms with Gasteiger partial charge in [-0.25, -0.2) is 0 Å². The van der Waals surface area contributed by atoms with Crippen LogP contribution in [0.2, 0.25) is 0 Å². The molecule has 3 nitrogen and oxygen atoms in total. The molecule has 1 aromatic heterocycles. The Hall–Kier alpha value is -0.800. The zero-order chi connectivity index (χ0) is 11.6. The van der Waals surface area contributed by atoms with Gasteiger partial charge in [0.15, 0.2) is 0 Å². The van der Waals surface area contributed by atoms with Crippen molar-refractivity contribution in [1.29, 1.82) is 0 Å². The summed E-state index contributed by atoms with van der Waals surface area (Å²) in [5, 5.41) is 3.60. The number of piperazine rings is 1. The summed E-state index contributed by atoms with van der Waals surface area (Å²) in [4.78, 5) is 2.50. The minimum atomic E-state index is 0.328. The normalized spacial score (nSPS) is 23.6. The first-order chi connectivity index (χ1) is 7.55. The number of nitrogens with one attached hydrogen (secondary N) is 1. The lowest BCUT2D eigenvalue weighted by Gasteiger charge is -2.40. The van der Waals surface area contributed by atoms with Crippen molar-refractivity contribution < 1.29 is 4.42 Å². The van der Waals surface area contributed by atoms with Crippen molar-refractivity contribution in [3.63, 3.8) is 0 Å². The van der Waals surface area contributed by atoms with E-state index in [1.54, 1.807) is 6.26 Å². The van der Waals surface area contributed by atoms with Crippen LogP contribution in [0.5, 0.6) is 0 Å². The van der Waals surface area contributed by atoms with Gasteiger partial charge in [-0.15, -0.1) is 0 Å². The van der Waals surface area contributed by atoms with Crippen molar-refractivity contribution in [3.8, 4) is 0 Å². The number of nitrogens with zero attached hydrogens (tertiary/aromatic N) is 1. The van der Waals surface area contributed by atoms with E-state index in [-0.39, 0.29) is 0 Å². The highest BCUT2D eigenvalue weighted by molar-refractivity contribution is 5.05. The molecule has 3 heteroatoms. The molecule has 1 unspecified atom stereocenters. The van der Waals surface area contributed by atoms with Crippen LogP contribution in [0.25, 0.3) is 0 Å². The Kier molecular flexibility index (Phi) is 3.36. The molecule has 2 heterocycles. The minimum Gasteiger partial charge on any atom is -0.472 e. The molecule has 0 amide bonds. The predicted octanol–water partition coefficient (Wildman–Crippen LogP) is 2.10. The van der Waals surface area contributed by atoms with Crippen LogP contribution in [0, 0.1) is 5.41 Å². The zero-order valence-electron chi connectivity index (χ0n) is 10.5. The molecule has 90 valence electrons. The molecular weight excluding hydrogens is 200 g/mol. The van der Waals surface area contributed by atoms with Crippen molar-refractivity contribution in [2.24, 2.45) is 5.41 Å². The fourth-order valence-electron chi connectivity index (χ4n) is 2.18. The third kappa shape index (κ3) is 2.86. The number of hydrogen-bond donors (Lipinski definition) is 1. The Morgan fingerprint density at radius 3 is 2.94 bits per heavy atom.